The Kier molecular flexibility index (Phi) is 13.0. The van der Waals surface area contributed by atoms with E-state index >= 15 is 0 Å². The molecule has 1 fully saturated rings. The summed E-state index contributed by atoms with van der Waals surface area (Å²) in [6, 6.07) is 30.8. The number of benzene rings is 4. The number of morpholine rings is 1. The van der Waals surface area contributed by atoms with E-state index in [9.17, 15) is 31.2 Å². The van der Waals surface area contributed by atoms with E-state index in [1.807, 2.05) is 61.5 Å². The minimum Gasteiger partial charge on any atom is -0.378 e. The Bertz CT molecular complexity index is 2580. The number of nitrogens with zero attached hydrogens (tertiary/aromatic N) is 4. The van der Waals surface area contributed by atoms with Crippen LogP contribution in [0.15, 0.2) is 115 Å². The van der Waals surface area contributed by atoms with Crippen molar-refractivity contribution in [3.8, 4) is 0 Å². The molecule has 4 aliphatic rings. The maximum atomic E-state index is 13.3. The highest BCUT2D eigenvalue weighted by molar-refractivity contribution is 8.00. The number of unbranched alkanes of at least 4 members (excludes halogenated alkanes) is 1. The van der Waals surface area contributed by atoms with E-state index in [0.717, 1.165) is 44.9 Å². The Hall–Kier alpha value is -5.97. The molecule has 0 unspecified atom stereocenters. The summed E-state index contributed by atoms with van der Waals surface area (Å²) in [4.78, 5) is 41.8. The average molecular weight is 867 g/mol. The zero-order valence-electron chi connectivity index (χ0n) is 34.5. The number of rotatable bonds is 11. The van der Waals surface area contributed by atoms with Gasteiger partial charge in [-0.15, -0.1) is 0 Å². The molecule has 0 aliphatic carbocycles. The Morgan fingerprint density at radius 1 is 0.672 bits per heavy atom. The molecule has 4 aromatic carbocycles. The molecule has 2 N–H and O–H groups in total. The molecule has 4 aromatic rings. The monoisotopic (exact) mass is 866 g/mol. The quantitative estimate of drug-likeness (QED) is 0.186. The van der Waals surface area contributed by atoms with Gasteiger partial charge in [0.2, 0.25) is 5.91 Å². The first kappa shape index (κ1) is 43.1. The molecule has 8 rings (SSSR count). The molecule has 0 bridgehead atoms. The van der Waals surface area contributed by atoms with E-state index < -0.39 is 31.9 Å². The van der Waals surface area contributed by atoms with E-state index in [1.165, 1.54) is 0 Å². The number of anilines is 3. The first-order chi connectivity index (χ1) is 29.3. The number of nitrogens with one attached hydrogen (secondary N) is 2. The molecule has 0 atom stereocenters. The van der Waals surface area contributed by atoms with Crippen molar-refractivity contribution in [3.63, 3.8) is 0 Å². The Morgan fingerprint density at radius 3 is 1.77 bits per heavy atom. The summed E-state index contributed by atoms with van der Waals surface area (Å²) >= 11 is 0. The second-order valence-electron chi connectivity index (χ2n) is 14.9. The summed E-state index contributed by atoms with van der Waals surface area (Å²) < 4.78 is 59.9. The topological polar surface area (TPSA) is 166 Å². The minimum absolute atomic E-state index is 0.0136. The van der Waals surface area contributed by atoms with Crippen LogP contribution in [0, 0.1) is 0 Å². The fourth-order valence-corrected chi connectivity index (χ4v) is 11.2. The SMILES string of the molecule is CCCCN1C(=O)C(Nc2ccc3c(c2)CCN(C(C)=O)C3)=C(c2ccccc2)S1(=O)=O.CCN1C(=O)C(Nc2ccc(N3CCOCC3)cc2)=C(c2ccccc2)S1(=O)=O. The van der Waals surface area contributed by atoms with Crippen LogP contribution in [0.2, 0.25) is 0 Å². The second-order valence-corrected chi connectivity index (χ2v) is 18.5. The first-order valence-electron chi connectivity index (χ1n) is 20.4. The average Bonchev–Trinajstić information content (AvgIpc) is 3.58. The third kappa shape index (κ3) is 8.92. The first-order valence-corrected chi connectivity index (χ1v) is 23.3. The van der Waals surface area contributed by atoms with Crippen LogP contribution in [-0.2, 0) is 52.1 Å². The summed E-state index contributed by atoms with van der Waals surface area (Å²) in [6.07, 6.45) is 2.10. The van der Waals surface area contributed by atoms with Gasteiger partial charge in [0.05, 0.1) is 13.2 Å². The van der Waals surface area contributed by atoms with Crippen molar-refractivity contribution in [1.82, 2.24) is 13.5 Å². The second kappa shape index (κ2) is 18.3. The van der Waals surface area contributed by atoms with Crippen LogP contribution in [0.1, 0.15) is 55.9 Å². The number of carbonyl (C=O) groups is 3. The maximum absolute atomic E-state index is 13.3. The molecular formula is C45H50N6O8S2. The maximum Gasteiger partial charge on any atom is 0.285 e. The van der Waals surface area contributed by atoms with Gasteiger partial charge < -0.3 is 25.2 Å². The van der Waals surface area contributed by atoms with Crippen molar-refractivity contribution in [3.05, 3.63) is 137 Å². The summed E-state index contributed by atoms with van der Waals surface area (Å²) in [5, 5.41) is 6.17. The molecule has 0 aromatic heterocycles. The number of amides is 3. The lowest BCUT2D eigenvalue weighted by Crippen LogP contribution is -2.36. The highest BCUT2D eigenvalue weighted by Gasteiger charge is 2.45. The molecule has 0 saturated carbocycles. The Labute approximate surface area is 357 Å². The van der Waals surface area contributed by atoms with Crippen LogP contribution in [0.5, 0.6) is 0 Å². The fraction of sp³-hybridized carbons (Fsp3) is 0.311. The molecule has 61 heavy (non-hydrogen) atoms. The third-order valence-corrected chi connectivity index (χ3v) is 14.8. The fourth-order valence-electron chi connectivity index (χ4n) is 7.73. The van der Waals surface area contributed by atoms with Gasteiger partial charge in [0.1, 0.15) is 21.2 Å². The number of hydrogen-bond donors (Lipinski definition) is 2. The van der Waals surface area contributed by atoms with E-state index in [1.54, 1.807) is 67.3 Å². The molecule has 14 nitrogen and oxygen atoms in total. The number of sulfonamides is 2. The predicted molar refractivity (Wildman–Crippen MR) is 237 cm³/mol. The molecule has 0 spiro atoms. The number of fused-ring (bicyclic) bond motifs is 1. The molecule has 4 aliphatic heterocycles. The number of ether oxygens (including phenoxy) is 1. The van der Waals surface area contributed by atoms with Crippen LogP contribution in [0.4, 0.5) is 17.1 Å². The van der Waals surface area contributed by atoms with Crippen LogP contribution < -0.4 is 15.5 Å². The van der Waals surface area contributed by atoms with Crippen molar-refractivity contribution in [2.24, 2.45) is 0 Å². The van der Waals surface area contributed by atoms with Crippen LogP contribution >= 0.6 is 0 Å². The summed E-state index contributed by atoms with van der Waals surface area (Å²) in [7, 11) is -7.84. The van der Waals surface area contributed by atoms with Crippen molar-refractivity contribution >= 4 is 64.6 Å². The van der Waals surface area contributed by atoms with Gasteiger partial charge in [-0.25, -0.2) is 25.4 Å². The van der Waals surface area contributed by atoms with E-state index in [2.05, 4.69) is 15.5 Å². The largest absolute Gasteiger partial charge is 0.378 e. The third-order valence-electron chi connectivity index (χ3n) is 11.0. The van der Waals surface area contributed by atoms with E-state index in [0.29, 0.717) is 61.6 Å². The van der Waals surface area contributed by atoms with Crippen molar-refractivity contribution in [1.29, 1.82) is 0 Å². The predicted octanol–water partition coefficient (Wildman–Crippen LogP) is 5.84. The van der Waals surface area contributed by atoms with E-state index in [4.69, 9.17) is 4.74 Å². The van der Waals surface area contributed by atoms with Crippen LogP contribution in [0.25, 0.3) is 9.81 Å². The lowest BCUT2D eigenvalue weighted by Gasteiger charge is -2.29. The zero-order chi connectivity index (χ0) is 43.3. The zero-order valence-corrected chi connectivity index (χ0v) is 36.1. The van der Waals surface area contributed by atoms with Crippen molar-refractivity contribution < 1.29 is 36.0 Å². The van der Waals surface area contributed by atoms with Crippen molar-refractivity contribution in [2.45, 2.75) is 46.6 Å². The summed E-state index contributed by atoms with van der Waals surface area (Å²) in [5.74, 6) is -1.02. The van der Waals surface area contributed by atoms with Gasteiger partial charge in [0, 0.05) is 63.3 Å². The molecule has 3 amide bonds. The van der Waals surface area contributed by atoms with E-state index in [-0.39, 0.29) is 40.2 Å². The Morgan fingerprint density at radius 2 is 1.21 bits per heavy atom. The Balaban J connectivity index is 0.000000185. The van der Waals surface area contributed by atoms with Gasteiger partial charge in [0.25, 0.3) is 31.9 Å². The van der Waals surface area contributed by atoms with Gasteiger partial charge in [-0.3, -0.25) is 14.4 Å². The molecular weight excluding hydrogens is 817 g/mol. The van der Waals surface area contributed by atoms with Crippen molar-refractivity contribution in [2.75, 3.05) is 61.5 Å². The lowest BCUT2D eigenvalue weighted by molar-refractivity contribution is -0.129. The number of carbonyl (C=O) groups excluding carboxylic acids is 3. The molecule has 4 heterocycles. The van der Waals surface area contributed by atoms with Gasteiger partial charge in [-0.1, -0.05) is 80.1 Å². The van der Waals surface area contributed by atoms with Gasteiger partial charge in [-0.05, 0) is 78.4 Å². The van der Waals surface area contributed by atoms with Gasteiger partial charge in [-0.2, -0.15) is 0 Å². The smallest absolute Gasteiger partial charge is 0.285 e. The summed E-state index contributed by atoms with van der Waals surface area (Å²) in [5.41, 5.74) is 5.66. The normalized spacial score (nSPS) is 18.2. The van der Waals surface area contributed by atoms with Crippen LogP contribution in [0.3, 0.4) is 0 Å². The molecule has 0 radical (unpaired) electrons. The molecule has 1 saturated heterocycles. The number of likely N-dealkylation sites (N-methyl/N-ethyl adjacent to an activating group) is 1. The summed E-state index contributed by atoms with van der Waals surface area (Å²) in [6.45, 7) is 9.67. The molecule has 320 valence electrons. The lowest BCUT2D eigenvalue weighted by atomic mass is 9.99. The number of hydrogen-bond acceptors (Lipinski definition) is 11. The highest BCUT2D eigenvalue weighted by atomic mass is 32.2. The minimum atomic E-state index is -3.95. The highest BCUT2D eigenvalue weighted by Crippen LogP contribution is 2.38. The van der Waals surface area contributed by atoms with Crippen LogP contribution in [-0.4, -0.2) is 94.0 Å². The van der Waals surface area contributed by atoms with Gasteiger partial charge >= 0.3 is 0 Å². The van der Waals surface area contributed by atoms with Gasteiger partial charge in [0.15, 0.2) is 0 Å². The molecule has 16 heteroatoms. The standard InChI is InChI=1S/C24H27N3O4S.C21H23N3O4S/c1-3-4-13-27-24(29)22(23(32(27,30)31)18-8-6-5-7-9-18)25-21-11-10-20-16-26(17(2)28)14-12-19(20)15-21;1-2-24-21(25)19(20(29(24,26)27)16-6-4-3-5-7-16)22-17-8-10-18(11-9-17)23-12-14-28-15-13-23/h5-11,15,25H,3-4,12-14,16H2,1-2H3;3-11,22H,2,12-15H2,1H3.